The number of carbonyl (C=O) groups is 2. The molecule has 2 N–H and O–H groups in total. The number of amides is 2. The van der Waals surface area contributed by atoms with Gasteiger partial charge in [0.25, 0.3) is 0 Å². The van der Waals surface area contributed by atoms with Gasteiger partial charge in [0, 0.05) is 37.6 Å². The van der Waals surface area contributed by atoms with Gasteiger partial charge in [-0.25, -0.2) is 17.9 Å². The Hall–Kier alpha value is -2.96. The van der Waals surface area contributed by atoms with Crippen LogP contribution in [0.15, 0.2) is 50.6 Å². The first-order valence-corrected chi connectivity index (χ1v) is 16.3. The van der Waals surface area contributed by atoms with Crippen LogP contribution in [-0.4, -0.2) is 49.0 Å². The molecule has 0 radical (unpaired) electrons. The highest BCUT2D eigenvalue weighted by Crippen LogP contribution is 2.53. The van der Waals surface area contributed by atoms with E-state index in [1.807, 2.05) is 25.1 Å². The molecular formula is C29H34BrN5O5S. The smallest absolute Gasteiger partial charge is 0.329 e. The summed E-state index contributed by atoms with van der Waals surface area (Å²) in [6.07, 6.45) is 4.51. The number of sulfonamides is 1. The quantitative estimate of drug-likeness (QED) is 0.397. The van der Waals surface area contributed by atoms with Crippen molar-refractivity contribution in [1.29, 1.82) is 0 Å². The number of fused-ring (bicyclic) bond motifs is 1. The minimum absolute atomic E-state index is 0.208. The van der Waals surface area contributed by atoms with E-state index in [1.165, 1.54) is 4.57 Å². The maximum absolute atomic E-state index is 13.3. The van der Waals surface area contributed by atoms with E-state index in [0.29, 0.717) is 24.4 Å². The molecule has 0 bridgehead atoms. The first kappa shape index (κ1) is 28.2. The molecule has 2 aromatic carbocycles. The van der Waals surface area contributed by atoms with Crippen LogP contribution in [0.25, 0.3) is 11.0 Å². The standard InChI is InChI=1S/C29H34BrN5O5S/c1-18-14-20(6-7-21(18)30)41(39,40)31-17-19-15-29(16-19)10-12-34(13-11-29)22-4-3-5-23-26(22)33(2)28(38)35(23)24-8-9-25(36)32-27(24)37/h3-7,14,19,24,31H,8-13,15-17H2,1-2H3,(H,32,36,37). The van der Waals surface area contributed by atoms with Crippen LogP contribution in [0.4, 0.5) is 5.69 Å². The number of hydrogen-bond acceptors (Lipinski definition) is 6. The van der Waals surface area contributed by atoms with Crippen molar-refractivity contribution in [2.45, 2.75) is 56.4 Å². The lowest BCUT2D eigenvalue weighted by atomic mass is 9.57. The van der Waals surface area contributed by atoms with Crippen molar-refractivity contribution in [2.75, 3.05) is 24.5 Å². The highest BCUT2D eigenvalue weighted by atomic mass is 79.9. The summed E-state index contributed by atoms with van der Waals surface area (Å²) in [6, 6.07) is 10.2. The normalized spacial score (nSPS) is 21.3. The third kappa shape index (κ3) is 5.03. The number of aryl methyl sites for hydroxylation is 2. The van der Waals surface area contributed by atoms with Gasteiger partial charge in [-0.15, -0.1) is 0 Å². The fourth-order valence-electron chi connectivity index (χ4n) is 6.94. The molecular weight excluding hydrogens is 610 g/mol. The Balaban J connectivity index is 1.11. The highest BCUT2D eigenvalue weighted by Gasteiger charge is 2.46. The lowest BCUT2D eigenvalue weighted by Crippen LogP contribution is -2.49. The fraction of sp³-hybridized carbons (Fsp3) is 0.483. The Morgan fingerprint density at radius 2 is 1.83 bits per heavy atom. The van der Waals surface area contributed by atoms with Crippen molar-refractivity contribution in [3.05, 3.63) is 56.9 Å². The van der Waals surface area contributed by atoms with E-state index >= 15 is 0 Å². The highest BCUT2D eigenvalue weighted by molar-refractivity contribution is 9.10. The van der Waals surface area contributed by atoms with Crippen LogP contribution in [0.5, 0.6) is 0 Å². The summed E-state index contributed by atoms with van der Waals surface area (Å²) in [7, 11) is -1.82. The third-order valence-electron chi connectivity index (χ3n) is 9.21. The van der Waals surface area contributed by atoms with Gasteiger partial charge in [0.2, 0.25) is 21.8 Å². The summed E-state index contributed by atoms with van der Waals surface area (Å²) in [5.74, 6) is -0.424. The molecule has 1 aliphatic carbocycles. The Morgan fingerprint density at radius 1 is 1.10 bits per heavy atom. The van der Waals surface area contributed by atoms with Gasteiger partial charge in [0.05, 0.1) is 21.6 Å². The van der Waals surface area contributed by atoms with Crippen molar-refractivity contribution in [2.24, 2.45) is 18.4 Å². The van der Waals surface area contributed by atoms with E-state index in [4.69, 9.17) is 0 Å². The first-order chi connectivity index (χ1) is 19.5. The van der Waals surface area contributed by atoms with Gasteiger partial charge >= 0.3 is 5.69 Å². The second-order valence-corrected chi connectivity index (χ2v) is 14.5. The Kier molecular flexibility index (Phi) is 7.14. The van der Waals surface area contributed by atoms with Gasteiger partial charge in [-0.05, 0) is 86.3 Å². The number of piperidine rings is 2. The van der Waals surface area contributed by atoms with Crippen LogP contribution in [-0.2, 0) is 26.7 Å². The molecule has 3 heterocycles. The van der Waals surface area contributed by atoms with Crippen LogP contribution < -0.4 is 20.6 Å². The van der Waals surface area contributed by atoms with Crippen LogP contribution in [0.2, 0.25) is 0 Å². The molecule has 6 rings (SSSR count). The number of nitrogens with zero attached hydrogens (tertiary/aromatic N) is 3. The van der Waals surface area contributed by atoms with Crippen LogP contribution in [0, 0.1) is 18.3 Å². The maximum atomic E-state index is 13.3. The number of aromatic nitrogens is 2. The maximum Gasteiger partial charge on any atom is 0.329 e. The number of anilines is 1. The average Bonchev–Trinajstić information content (AvgIpc) is 3.18. The number of para-hydroxylation sites is 1. The van der Waals surface area contributed by atoms with Crippen molar-refractivity contribution >= 4 is 54.5 Å². The van der Waals surface area contributed by atoms with Crippen LogP contribution >= 0.6 is 15.9 Å². The number of hydrogen-bond donors (Lipinski definition) is 2. The van der Waals surface area contributed by atoms with Crippen molar-refractivity contribution in [3.8, 4) is 0 Å². The molecule has 12 heteroatoms. The number of imide groups is 1. The number of rotatable bonds is 6. The molecule has 2 aliphatic heterocycles. The SMILES string of the molecule is Cc1cc(S(=O)(=O)NCC2CC3(CCN(c4cccc5c4n(C)c(=O)n5C4CCC(=O)NC4=O)CC3)C2)ccc1Br. The summed E-state index contributed by atoms with van der Waals surface area (Å²) in [6.45, 7) is 4.00. The monoisotopic (exact) mass is 643 g/mol. The summed E-state index contributed by atoms with van der Waals surface area (Å²) >= 11 is 3.42. The topological polar surface area (TPSA) is 123 Å². The number of imidazole rings is 1. The predicted molar refractivity (Wildman–Crippen MR) is 159 cm³/mol. The van der Waals surface area contributed by atoms with Crippen molar-refractivity contribution < 1.29 is 18.0 Å². The zero-order valence-electron chi connectivity index (χ0n) is 23.2. The Bertz CT molecular complexity index is 1710. The largest absolute Gasteiger partial charge is 0.370 e. The molecule has 1 saturated carbocycles. The molecule has 2 amide bonds. The van der Waals surface area contributed by atoms with E-state index in [-0.39, 0.29) is 28.3 Å². The average molecular weight is 645 g/mol. The Labute approximate surface area is 247 Å². The molecule has 3 aromatic rings. The lowest BCUT2D eigenvalue weighted by molar-refractivity contribution is -0.135. The van der Waals surface area contributed by atoms with E-state index in [2.05, 4.69) is 30.9 Å². The van der Waals surface area contributed by atoms with Gasteiger partial charge in [0.1, 0.15) is 6.04 Å². The number of benzene rings is 2. The minimum Gasteiger partial charge on any atom is -0.370 e. The first-order valence-electron chi connectivity index (χ1n) is 14.0. The molecule has 1 aromatic heterocycles. The number of carbonyl (C=O) groups excluding carboxylic acids is 2. The number of nitrogens with one attached hydrogen (secondary N) is 2. The molecule has 1 atom stereocenters. The minimum atomic E-state index is -3.55. The van der Waals surface area contributed by atoms with Gasteiger partial charge < -0.3 is 4.90 Å². The summed E-state index contributed by atoms with van der Waals surface area (Å²) in [5, 5.41) is 2.37. The van der Waals surface area contributed by atoms with Crippen molar-refractivity contribution in [3.63, 3.8) is 0 Å². The number of halogens is 1. The van der Waals surface area contributed by atoms with Gasteiger partial charge in [-0.2, -0.15) is 0 Å². The van der Waals surface area contributed by atoms with Crippen LogP contribution in [0.1, 0.15) is 50.1 Å². The summed E-state index contributed by atoms with van der Waals surface area (Å²) < 4.78 is 32.4. The molecule has 41 heavy (non-hydrogen) atoms. The second kappa shape index (κ2) is 10.4. The molecule has 218 valence electrons. The lowest BCUT2D eigenvalue weighted by Gasteiger charge is -2.52. The third-order valence-corrected chi connectivity index (χ3v) is 11.5. The molecule has 1 unspecified atom stereocenters. The molecule has 3 aliphatic rings. The Morgan fingerprint density at radius 3 is 2.51 bits per heavy atom. The molecule has 10 nitrogen and oxygen atoms in total. The van der Waals surface area contributed by atoms with Gasteiger partial charge in [0.15, 0.2) is 0 Å². The van der Waals surface area contributed by atoms with Gasteiger partial charge in [-0.3, -0.25) is 24.0 Å². The molecule has 2 saturated heterocycles. The molecule has 3 fully saturated rings. The fourth-order valence-corrected chi connectivity index (χ4v) is 8.38. The van der Waals surface area contributed by atoms with E-state index < -0.39 is 22.0 Å². The van der Waals surface area contributed by atoms with Crippen molar-refractivity contribution in [1.82, 2.24) is 19.2 Å². The van der Waals surface area contributed by atoms with E-state index in [0.717, 1.165) is 60.0 Å². The van der Waals surface area contributed by atoms with Gasteiger partial charge in [-0.1, -0.05) is 22.0 Å². The zero-order valence-corrected chi connectivity index (χ0v) is 25.6. The second-order valence-electron chi connectivity index (χ2n) is 11.8. The summed E-state index contributed by atoms with van der Waals surface area (Å²) in [5.41, 5.74) is 3.29. The predicted octanol–water partition coefficient (Wildman–Crippen LogP) is 3.36. The van der Waals surface area contributed by atoms with Crippen LogP contribution in [0.3, 0.4) is 0 Å². The summed E-state index contributed by atoms with van der Waals surface area (Å²) in [4.78, 5) is 40.1. The zero-order chi connectivity index (χ0) is 29.1. The molecule has 1 spiro atoms. The van der Waals surface area contributed by atoms with E-state index in [9.17, 15) is 22.8 Å². The van der Waals surface area contributed by atoms with E-state index in [1.54, 1.807) is 29.8 Å².